The van der Waals surface area contributed by atoms with Crippen molar-refractivity contribution in [2.24, 2.45) is 15.9 Å². The molecule has 0 aliphatic carbocycles. The van der Waals surface area contributed by atoms with E-state index < -0.39 is 4.92 Å². The topological polar surface area (TPSA) is 93.9 Å². The average molecular weight is 349 g/mol. The Kier molecular flexibility index (Phi) is 6.13. The van der Waals surface area contributed by atoms with Gasteiger partial charge in [0.1, 0.15) is 0 Å². The molecule has 0 saturated heterocycles. The number of nitro benzene ring substituents is 1. The molecule has 0 amide bonds. The molecule has 8 heteroatoms. The molecule has 0 unspecified atom stereocenters. The summed E-state index contributed by atoms with van der Waals surface area (Å²) in [5, 5.41) is 19.2. The number of hydrogen-bond acceptors (Lipinski definition) is 5. The SMILES string of the molecule is NC(=NN=Cc1cc(Cl)ccc1[N+](=O)[O-])SCc1ccccc1. The van der Waals surface area contributed by atoms with Crippen LogP contribution in [0.3, 0.4) is 0 Å². The summed E-state index contributed by atoms with van der Waals surface area (Å²) >= 11 is 7.16. The van der Waals surface area contributed by atoms with Gasteiger partial charge in [-0.15, -0.1) is 5.10 Å². The first-order valence-corrected chi connectivity index (χ1v) is 7.90. The number of benzene rings is 2. The third kappa shape index (κ3) is 5.39. The fourth-order valence-electron chi connectivity index (χ4n) is 1.70. The van der Waals surface area contributed by atoms with Crippen molar-refractivity contribution in [2.45, 2.75) is 5.75 Å². The van der Waals surface area contributed by atoms with Crippen LogP contribution in [0.5, 0.6) is 0 Å². The zero-order valence-electron chi connectivity index (χ0n) is 11.9. The number of thioether (sulfide) groups is 1. The Bertz CT molecular complexity index is 750. The van der Waals surface area contributed by atoms with E-state index in [2.05, 4.69) is 10.2 Å². The first-order valence-electron chi connectivity index (χ1n) is 6.53. The molecule has 118 valence electrons. The van der Waals surface area contributed by atoms with Gasteiger partial charge in [-0.1, -0.05) is 53.7 Å². The minimum Gasteiger partial charge on any atom is -0.377 e. The van der Waals surface area contributed by atoms with Crippen LogP contribution in [-0.2, 0) is 5.75 Å². The van der Waals surface area contributed by atoms with Gasteiger partial charge in [0, 0.05) is 16.8 Å². The lowest BCUT2D eigenvalue weighted by molar-refractivity contribution is -0.385. The lowest BCUT2D eigenvalue weighted by Gasteiger charge is -1.99. The molecule has 0 saturated carbocycles. The molecule has 0 spiro atoms. The molecule has 0 aliphatic rings. The molecule has 0 heterocycles. The lowest BCUT2D eigenvalue weighted by Crippen LogP contribution is -2.06. The summed E-state index contributed by atoms with van der Waals surface area (Å²) in [6.07, 6.45) is 1.26. The summed E-state index contributed by atoms with van der Waals surface area (Å²) in [7, 11) is 0. The summed E-state index contributed by atoms with van der Waals surface area (Å²) in [4.78, 5) is 10.4. The van der Waals surface area contributed by atoms with E-state index in [1.54, 1.807) is 0 Å². The minimum atomic E-state index is -0.505. The van der Waals surface area contributed by atoms with Gasteiger partial charge in [0.25, 0.3) is 5.69 Å². The summed E-state index contributed by atoms with van der Waals surface area (Å²) in [5.41, 5.74) is 7.05. The summed E-state index contributed by atoms with van der Waals surface area (Å²) < 4.78 is 0. The van der Waals surface area contributed by atoms with Crippen molar-refractivity contribution >= 4 is 40.4 Å². The van der Waals surface area contributed by atoms with Gasteiger partial charge < -0.3 is 5.73 Å². The molecule has 0 bridgehead atoms. The molecule has 2 N–H and O–H groups in total. The highest BCUT2D eigenvalue weighted by molar-refractivity contribution is 8.13. The molecule has 0 aromatic heterocycles. The highest BCUT2D eigenvalue weighted by atomic mass is 35.5. The van der Waals surface area contributed by atoms with Crippen LogP contribution >= 0.6 is 23.4 Å². The first kappa shape index (κ1) is 17.0. The van der Waals surface area contributed by atoms with E-state index in [1.807, 2.05) is 30.3 Å². The molecule has 23 heavy (non-hydrogen) atoms. The normalized spacial score (nSPS) is 11.8. The highest BCUT2D eigenvalue weighted by Gasteiger charge is 2.11. The zero-order valence-corrected chi connectivity index (χ0v) is 13.5. The molecular weight excluding hydrogens is 336 g/mol. The van der Waals surface area contributed by atoms with Crippen LogP contribution in [-0.4, -0.2) is 16.3 Å². The van der Waals surface area contributed by atoms with E-state index in [0.717, 1.165) is 5.56 Å². The van der Waals surface area contributed by atoms with Gasteiger partial charge in [-0.05, 0) is 17.7 Å². The molecule has 2 aromatic carbocycles. The van der Waals surface area contributed by atoms with Gasteiger partial charge in [-0.25, -0.2) is 0 Å². The maximum Gasteiger partial charge on any atom is 0.278 e. The van der Waals surface area contributed by atoms with Crippen molar-refractivity contribution in [3.63, 3.8) is 0 Å². The number of amidine groups is 1. The van der Waals surface area contributed by atoms with Gasteiger partial charge in [0.15, 0.2) is 5.17 Å². The van der Waals surface area contributed by atoms with E-state index >= 15 is 0 Å². The molecule has 2 aromatic rings. The number of nitrogens with zero attached hydrogens (tertiary/aromatic N) is 3. The second-order valence-electron chi connectivity index (χ2n) is 4.42. The number of halogens is 1. The predicted octanol–water partition coefficient (Wildman–Crippen LogP) is 3.83. The Morgan fingerprint density at radius 3 is 2.74 bits per heavy atom. The fraction of sp³-hybridized carbons (Fsp3) is 0.0667. The second kappa shape index (κ2) is 8.30. The molecule has 0 fully saturated rings. The standard InChI is InChI=1S/C15H13ClN4O2S/c16-13-6-7-14(20(21)22)12(8-13)9-18-19-15(17)23-10-11-4-2-1-3-5-11/h1-9H,10H2,(H2,17,19). The molecular formula is C15H13ClN4O2S. The Labute approximate surface area is 142 Å². The monoisotopic (exact) mass is 348 g/mol. The van der Waals surface area contributed by atoms with Crippen molar-refractivity contribution in [3.05, 3.63) is 74.8 Å². The molecule has 6 nitrogen and oxygen atoms in total. The Balaban J connectivity index is 2.02. The van der Waals surface area contributed by atoms with Crippen LogP contribution in [0.4, 0.5) is 5.69 Å². The Morgan fingerprint density at radius 1 is 1.30 bits per heavy atom. The van der Waals surface area contributed by atoms with E-state index in [-0.39, 0.29) is 16.4 Å². The van der Waals surface area contributed by atoms with Crippen molar-refractivity contribution in [1.82, 2.24) is 0 Å². The van der Waals surface area contributed by atoms with Gasteiger partial charge in [-0.2, -0.15) is 5.10 Å². The molecule has 0 radical (unpaired) electrons. The van der Waals surface area contributed by atoms with E-state index in [9.17, 15) is 10.1 Å². The Morgan fingerprint density at radius 2 is 2.04 bits per heavy atom. The number of hydrogen-bond donors (Lipinski definition) is 1. The van der Waals surface area contributed by atoms with E-state index in [1.165, 1.54) is 36.2 Å². The molecule has 0 aliphatic heterocycles. The van der Waals surface area contributed by atoms with Crippen LogP contribution < -0.4 is 5.73 Å². The number of nitrogens with two attached hydrogens (primary N) is 1. The zero-order chi connectivity index (χ0) is 16.7. The van der Waals surface area contributed by atoms with Crippen LogP contribution in [0.2, 0.25) is 5.02 Å². The van der Waals surface area contributed by atoms with E-state index in [0.29, 0.717) is 10.8 Å². The second-order valence-corrected chi connectivity index (χ2v) is 5.85. The summed E-state index contributed by atoms with van der Waals surface area (Å²) in [6, 6.07) is 14.0. The van der Waals surface area contributed by atoms with Crippen LogP contribution in [0.15, 0.2) is 58.7 Å². The minimum absolute atomic E-state index is 0.0936. The smallest absolute Gasteiger partial charge is 0.278 e. The first-order chi connectivity index (χ1) is 11.1. The average Bonchev–Trinajstić information content (AvgIpc) is 2.54. The molecule has 0 atom stereocenters. The number of rotatable bonds is 5. The van der Waals surface area contributed by atoms with E-state index in [4.69, 9.17) is 17.3 Å². The third-order valence-electron chi connectivity index (χ3n) is 2.77. The largest absolute Gasteiger partial charge is 0.377 e. The Hall–Kier alpha value is -2.38. The summed E-state index contributed by atoms with van der Waals surface area (Å²) in [6.45, 7) is 0. The third-order valence-corrected chi connectivity index (χ3v) is 3.86. The number of nitro groups is 1. The molecule has 2 rings (SSSR count). The van der Waals surface area contributed by atoms with Gasteiger partial charge in [-0.3, -0.25) is 10.1 Å². The van der Waals surface area contributed by atoms with Gasteiger partial charge in [0.2, 0.25) is 0 Å². The maximum absolute atomic E-state index is 10.9. The summed E-state index contributed by atoms with van der Waals surface area (Å²) in [5.74, 6) is 0.670. The predicted molar refractivity (Wildman–Crippen MR) is 95.1 cm³/mol. The fourth-order valence-corrected chi connectivity index (χ4v) is 2.50. The van der Waals surface area contributed by atoms with Crippen LogP contribution in [0.1, 0.15) is 11.1 Å². The van der Waals surface area contributed by atoms with Crippen molar-refractivity contribution in [2.75, 3.05) is 0 Å². The van der Waals surface area contributed by atoms with Crippen LogP contribution in [0.25, 0.3) is 0 Å². The van der Waals surface area contributed by atoms with Crippen molar-refractivity contribution in [1.29, 1.82) is 0 Å². The highest BCUT2D eigenvalue weighted by Crippen LogP contribution is 2.21. The maximum atomic E-state index is 10.9. The lowest BCUT2D eigenvalue weighted by atomic mass is 10.2. The van der Waals surface area contributed by atoms with Gasteiger partial charge >= 0.3 is 0 Å². The quantitative estimate of drug-likeness (QED) is 0.384. The van der Waals surface area contributed by atoms with Crippen LogP contribution in [0, 0.1) is 10.1 Å². The van der Waals surface area contributed by atoms with Crippen molar-refractivity contribution in [3.8, 4) is 0 Å². The van der Waals surface area contributed by atoms with Crippen molar-refractivity contribution < 1.29 is 4.92 Å². The van der Waals surface area contributed by atoms with Gasteiger partial charge in [0.05, 0.1) is 16.7 Å².